The van der Waals surface area contributed by atoms with Gasteiger partial charge in [-0.2, -0.15) is 0 Å². The zero-order chi connectivity index (χ0) is 23.1. The monoisotopic (exact) mass is 442 g/mol. The van der Waals surface area contributed by atoms with Crippen LogP contribution in [0.1, 0.15) is 35.2 Å². The number of carbonyl (C=O) groups excluding carboxylic acids is 2. The van der Waals surface area contributed by atoms with Gasteiger partial charge in [0.25, 0.3) is 11.7 Å². The van der Waals surface area contributed by atoms with Crippen molar-refractivity contribution in [2.24, 2.45) is 0 Å². The van der Waals surface area contributed by atoms with Crippen LogP contribution in [0.5, 0.6) is 11.5 Å². The molecule has 7 nitrogen and oxygen atoms in total. The van der Waals surface area contributed by atoms with Gasteiger partial charge in [0.15, 0.2) is 0 Å². The van der Waals surface area contributed by atoms with Crippen LogP contribution >= 0.6 is 0 Å². The van der Waals surface area contributed by atoms with Gasteiger partial charge in [0.2, 0.25) is 0 Å². The van der Waals surface area contributed by atoms with Gasteiger partial charge in [0.1, 0.15) is 23.4 Å². The average Bonchev–Trinajstić information content (AvgIpc) is 3.30. The minimum Gasteiger partial charge on any atom is -0.508 e. The summed E-state index contributed by atoms with van der Waals surface area (Å²) in [6.45, 7) is 2.09. The van der Waals surface area contributed by atoms with Gasteiger partial charge in [-0.15, -0.1) is 0 Å². The summed E-state index contributed by atoms with van der Waals surface area (Å²) in [7, 11) is 0. The molecule has 33 heavy (non-hydrogen) atoms. The molecule has 0 saturated carbocycles. The van der Waals surface area contributed by atoms with E-state index in [1.165, 1.54) is 17.0 Å². The number of ether oxygens (including phenoxy) is 1. The number of hydrogen-bond donors (Lipinski definition) is 2. The number of likely N-dealkylation sites (tertiary alicyclic amines) is 1. The molecule has 3 heterocycles. The number of phenolic OH excluding ortho intramolecular Hbond substituents is 1. The Morgan fingerprint density at radius 3 is 2.76 bits per heavy atom. The van der Waals surface area contributed by atoms with Crippen molar-refractivity contribution < 1.29 is 24.5 Å². The molecule has 0 spiro atoms. The molecule has 2 N–H and O–H groups in total. The molecule has 0 unspecified atom stereocenters. The fraction of sp³-hybridized carbons (Fsp3) is 0.192. The van der Waals surface area contributed by atoms with Crippen LogP contribution < -0.4 is 4.74 Å². The molecule has 1 aromatic heterocycles. The third-order valence-corrected chi connectivity index (χ3v) is 5.97. The number of fused-ring (bicyclic) bond motifs is 1. The van der Waals surface area contributed by atoms with Gasteiger partial charge in [-0.3, -0.25) is 14.6 Å². The summed E-state index contributed by atoms with van der Waals surface area (Å²) < 4.78 is 5.73. The minimum atomic E-state index is -0.860. The first-order chi connectivity index (χ1) is 15.9. The van der Waals surface area contributed by atoms with Crippen LogP contribution in [-0.2, 0) is 22.6 Å². The number of carbonyl (C=O) groups is 2. The number of aromatic nitrogens is 1. The van der Waals surface area contributed by atoms with Gasteiger partial charge >= 0.3 is 0 Å². The van der Waals surface area contributed by atoms with Gasteiger partial charge in [-0.25, -0.2) is 0 Å². The number of ketones is 1. The quantitative estimate of drug-likeness (QED) is 0.363. The summed E-state index contributed by atoms with van der Waals surface area (Å²) in [4.78, 5) is 31.7. The maximum atomic E-state index is 13.2. The summed E-state index contributed by atoms with van der Waals surface area (Å²) in [6.07, 6.45) is 3.99. The molecule has 2 aliphatic heterocycles. The Balaban J connectivity index is 1.64. The number of hydrogen-bond acceptors (Lipinski definition) is 6. The van der Waals surface area contributed by atoms with Crippen LogP contribution in [0.2, 0.25) is 0 Å². The predicted octanol–water partition coefficient (Wildman–Crippen LogP) is 3.73. The van der Waals surface area contributed by atoms with Crippen molar-refractivity contribution in [3.8, 4) is 11.5 Å². The molecule has 5 rings (SSSR count). The van der Waals surface area contributed by atoms with Crippen LogP contribution in [-0.4, -0.2) is 37.9 Å². The van der Waals surface area contributed by atoms with Crippen molar-refractivity contribution >= 4 is 17.4 Å². The van der Waals surface area contributed by atoms with E-state index in [1.807, 2.05) is 13.0 Å². The SMILES string of the molecule is C[C@@H]1Cc2cc(C(O)=C3C(=O)C(=O)N(Cc4cccnc4)[C@H]3c3cccc(O)c3)ccc2O1. The van der Waals surface area contributed by atoms with Crippen LogP contribution in [0.3, 0.4) is 0 Å². The first-order valence-electron chi connectivity index (χ1n) is 10.7. The molecule has 2 aromatic carbocycles. The van der Waals surface area contributed by atoms with Crippen molar-refractivity contribution in [2.75, 3.05) is 0 Å². The second kappa shape index (κ2) is 8.09. The Hall–Kier alpha value is -4.13. The van der Waals surface area contributed by atoms with E-state index in [2.05, 4.69) is 4.98 Å². The van der Waals surface area contributed by atoms with Crippen LogP contribution in [0.4, 0.5) is 0 Å². The Kier molecular flexibility index (Phi) is 5.09. The normalized spacial score (nSPS) is 21.2. The molecule has 2 aliphatic rings. The lowest BCUT2D eigenvalue weighted by molar-refractivity contribution is -0.140. The molecule has 3 aromatic rings. The van der Waals surface area contributed by atoms with E-state index in [1.54, 1.807) is 48.8 Å². The van der Waals surface area contributed by atoms with E-state index in [4.69, 9.17) is 4.74 Å². The highest BCUT2D eigenvalue weighted by Gasteiger charge is 2.46. The van der Waals surface area contributed by atoms with Crippen LogP contribution in [0, 0.1) is 0 Å². The number of pyridine rings is 1. The highest BCUT2D eigenvalue weighted by molar-refractivity contribution is 6.46. The Labute approximate surface area is 190 Å². The third-order valence-electron chi connectivity index (χ3n) is 5.97. The van der Waals surface area contributed by atoms with E-state index >= 15 is 0 Å². The third kappa shape index (κ3) is 3.71. The highest BCUT2D eigenvalue weighted by Crippen LogP contribution is 2.41. The summed E-state index contributed by atoms with van der Waals surface area (Å²) in [6, 6.07) is 14.3. The molecule has 1 saturated heterocycles. The number of Topliss-reactive ketones (excluding diaryl/α,β-unsaturated/α-hetero) is 1. The van der Waals surface area contributed by atoms with Gasteiger partial charge in [-0.1, -0.05) is 18.2 Å². The maximum absolute atomic E-state index is 13.2. The smallest absolute Gasteiger partial charge is 0.295 e. The zero-order valence-corrected chi connectivity index (χ0v) is 17.9. The van der Waals surface area contributed by atoms with Crippen molar-refractivity contribution in [3.63, 3.8) is 0 Å². The number of aliphatic hydroxyl groups is 1. The molecule has 0 bridgehead atoms. The largest absolute Gasteiger partial charge is 0.508 e. The number of nitrogens with zero attached hydrogens (tertiary/aromatic N) is 2. The van der Waals surface area contributed by atoms with Gasteiger partial charge in [0, 0.05) is 30.9 Å². The molecule has 1 fully saturated rings. The molecule has 7 heteroatoms. The lowest BCUT2D eigenvalue weighted by Gasteiger charge is -2.25. The summed E-state index contributed by atoms with van der Waals surface area (Å²) in [5, 5.41) is 21.3. The number of aromatic hydroxyl groups is 1. The van der Waals surface area contributed by atoms with Gasteiger partial charge in [-0.05, 0) is 60.0 Å². The maximum Gasteiger partial charge on any atom is 0.295 e. The fourth-order valence-electron chi connectivity index (χ4n) is 4.50. The minimum absolute atomic E-state index is 0.00290. The molecule has 166 valence electrons. The standard InChI is InChI=1S/C26H22N2O5/c1-15-10-19-11-18(7-8-21(19)33-15)24(30)22-23(17-5-2-6-20(29)12-17)28(26(32)25(22)31)14-16-4-3-9-27-13-16/h2-9,11-13,15,23,29-30H,10,14H2,1H3/t15-,23+/m1/s1. The van der Waals surface area contributed by atoms with E-state index in [9.17, 15) is 19.8 Å². The molecular formula is C26H22N2O5. The van der Waals surface area contributed by atoms with E-state index in [0.717, 1.165) is 16.9 Å². The molecule has 0 aliphatic carbocycles. The number of benzene rings is 2. The molecule has 1 amide bonds. The van der Waals surface area contributed by atoms with E-state index in [-0.39, 0.29) is 29.7 Å². The first kappa shape index (κ1) is 20.8. The van der Waals surface area contributed by atoms with E-state index < -0.39 is 17.7 Å². The topological polar surface area (TPSA) is 100.0 Å². The van der Waals surface area contributed by atoms with E-state index in [0.29, 0.717) is 17.5 Å². The Morgan fingerprint density at radius 2 is 2.00 bits per heavy atom. The van der Waals surface area contributed by atoms with Gasteiger partial charge < -0.3 is 19.8 Å². The van der Waals surface area contributed by atoms with Gasteiger partial charge in [0.05, 0.1) is 11.6 Å². The Bertz CT molecular complexity index is 1280. The average molecular weight is 442 g/mol. The molecular weight excluding hydrogens is 420 g/mol. The lowest BCUT2D eigenvalue weighted by atomic mass is 9.94. The van der Waals surface area contributed by atoms with Crippen molar-refractivity contribution in [2.45, 2.75) is 32.0 Å². The van der Waals surface area contributed by atoms with Crippen molar-refractivity contribution in [1.29, 1.82) is 0 Å². The summed E-state index contributed by atoms with van der Waals surface area (Å²) in [5.41, 5.74) is 2.63. The second-order valence-corrected chi connectivity index (χ2v) is 8.34. The number of amides is 1. The molecule has 2 atom stereocenters. The Morgan fingerprint density at radius 1 is 1.15 bits per heavy atom. The molecule has 0 radical (unpaired) electrons. The zero-order valence-electron chi connectivity index (χ0n) is 17.9. The first-order valence-corrected chi connectivity index (χ1v) is 10.7. The number of rotatable bonds is 4. The highest BCUT2D eigenvalue weighted by atomic mass is 16.5. The van der Waals surface area contributed by atoms with Crippen LogP contribution in [0.15, 0.2) is 72.6 Å². The fourth-order valence-corrected chi connectivity index (χ4v) is 4.50. The predicted molar refractivity (Wildman–Crippen MR) is 120 cm³/mol. The number of phenols is 1. The summed E-state index contributed by atoms with van der Waals surface area (Å²) in [5.74, 6) is -0.983. The number of aliphatic hydroxyl groups excluding tert-OH is 1. The van der Waals surface area contributed by atoms with Crippen LogP contribution in [0.25, 0.3) is 5.76 Å². The second-order valence-electron chi connectivity index (χ2n) is 8.34. The van der Waals surface area contributed by atoms with Crippen molar-refractivity contribution in [1.82, 2.24) is 9.88 Å². The summed E-state index contributed by atoms with van der Waals surface area (Å²) >= 11 is 0. The van der Waals surface area contributed by atoms with Crippen molar-refractivity contribution in [3.05, 3.63) is 94.8 Å². The lowest BCUT2D eigenvalue weighted by Crippen LogP contribution is -2.29.